The lowest BCUT2D eigenvalue weighted by atomic mass is 9.95. The number of pyridine rings is 2. The highest BCUT2D eigenvalue weighted by atomic mass is 35.5. The van der Waals surface area contributed by atoms with E-state index in [1.54, 1.807) is 43.1 Å². The lowest BCUT2D eigenvalue weighted by molar-refractivity contribution is -0.148. The van der Waals surface area contributed by atoms with Crippen molar-refractivity contribution in [2.75, 3.05) is 37.7 Å². The smallest absolute Gasteiger partial charge is 0.317 e. The Morgan fingerprint density at radius 3 is 2.49 bits per heavy atom. The summed E-state index contributed by atoms with van der Waals surface area (Å²) in [5.41, 5.74) is 1.86. The quantitative estimate of drug-likeness (QED) is 0.268. The molecule has 0 saturated carbocycles. The summed E-state index contributed by atoms with van der Waals surface area (Å²) in [4.78, 5) is 24.7. The minimum Gasteiger partial charge on any atom is -0.481 e. The summed E-state index contributed by atoms with van der Waals surface area (Å²) < 4.78 is 18.9. The van der Waals surface area contributed by atoms with Crippen molar-refractivity contribution in [3.05, 3.63) is 35.1 Å². The standard InChI is InChI=1S/C27H38ClN5O5S/c1-17(2)38-26-31-24(32-33(26)16-36-9-10-39(6,7)8)23-21(28)12-19(13-30-23)20-14-29-22(11-18(20)3)37-15-27(4,5)25(34)35/h11-14,17H,9-10,15-16H2,1-8H3,(H,34,35). The van der Waals surface area contributed by atoms with Crippen molar-refractivity contribution in [2.24, 2.45) is 5.41 Å². The van der Waals surface area contributed by atoms with E-state index in [2.05, 4.69) is 38.8 Å². The minimum atomic E-state index is -1.03. The van der Waals surface area contributed by atoms with Crippen LogP contribution in [-0.4, -0.2) is 79.6 Å². The van der Waals surface area contributed by atoms with Gasteiger partial charge in [-0.1, -0.05) is 11.6 Å². The van der Waals surface area contributed by atoms with Gasteiger partial charge in [0.2, 0.25) is 11.7 Å². The molecule has 39 heavy (non-hydrogen) atoms. The number of ether oxygens (including phenoxy) is 3. The number of hydrogen-bond acceptors (Lipinski definition) is 8. The SMILES string of the molecule is Cc1cc(OCC(C)(C)C(=O)O)ncc1-c1cnc(-c2nc(OC(C)C)n(COCCS(C)(C)C)n2)c(Cl)c1. The van der Waals surface area contributed by atoms with Gasteiger partial charge in [-0.05, 0) is 65.0 Å². The highest BCUT2D eigenvalue weighted by molar-refractivity contribution is 8.32. The van der Waals surface area contributed by atoms with E-state index in [4.69, 9.17) is 25.8 Å². The summed E-state index contributed by atoms with van der Waals surface area (Å²) >= 11 is 6.65. The zero-order valence-electron chi connectivity index (χ0n) is 23.8. The Labute approximate surface area is 236 Å². The Morgan fingerprint density at radius 1 is 1.18 bits per heavy atom. The molecule has 0 aliphatic carbocycles. The van der Waals surface area contributed by atoms with Crippen molar-refractivity contribution < 1.29 is 24.1 Å². The van der Waals surface area contributed by atoms with Gasteiger partial charge in [-0.2, -0.15) is 9.67 Å². The third-order valence-electron chi connectivity index (χ3n) is 5.64. The number of nitrogens with zero attached hydrogens (tertiary/aromatic N) is 5. The van der Waals surface area contributed by atoms with E-state index >= 15 is 0 Å². The molecule has 0 spiro atoms. The summed E-state index contributed by atoms with van der Waals surface area (Å²) in [6.45, 7) is 9.78. The van der Waals surface area contributed by atoms with Crippen LogP contribution in [0.5, 0.6) is 11.9 Å². The summed E-state index contributed by atoms with van der Waals surface area (Å²) in [5.74, 6) is 0.741. The van der Waals surface area contributed by atoms with Gasteiger partial charge < -0.3 is 19.3 Å². The first kappa shape index (κ1) is 30.6. The normalized spacial score (nSPS) is 12.6. The fourth-order valence-corrected chi connectivity index (χ4v) is 4.12. The molecule has 12 heteroatoms. The largest absolute Gasteiger partial charge is 0.481 e. The van der Waals surface area contributed by atoms with E-state index in [-0.39, 0.29) is 19.4 Å². The number of aromatic nitrogens is 5. The van der Waals surface area contributed by atoms with Gasteiger partial charge in [-0.3, -0.25) is 9.78 Å². The van der Waals surface area contributed by atoms with Gasteiger partial charge in [0.25, 0.3) is 0 Å². The van der Waals surface area contributed by atoms with Crippen LogP contribution in [0.4, 0.5) is 0 Å². The molecule has 3 heterocycles. The molecule has 0 aliphatic rings. The van der Waals surface area contributed by atoms with Crippen LogP contribution in [0.3, 0.4) is 0 Å². The first-order chi connectivity index (χ1) is 18.2. The molecule has 3 aromatic heterocycles. The van der Waals surface area contributed by atoms with Crippen molar-refractivity contribution in [1.82, 2.24) is 24.7 Å². The van der Waals surface area contributed by atoms with Gasteiger partial charge in [0.15, 0.2) is 0 Å². The molecule has 0 saturated heterocycles. The molecule has 0 fully saturated rings. The molecular weight excluding hydrogens is 542 g/mol. The highest BCUT2D eigenvalue weighted by Crippen LogP contribution is 2.34. The maximum Gasteiger partial charge on any atom is 0.317 e. The minimum absolute atomic E-state index is 0.00102. The molecule has 3 aromatic rings. The van der Waals surface area contributed by atoms with E-state index in [9.17, 15) is 9.90 Å². The van der Waals surface area contributed by atoms with Crippen molar-refractivity contribution in [1.29, 1.82) is 0 Å². The molecule has 0 bridgehead atoms. The number of rotatable bonds is 13. The zero-order valence-corrected chi connectivity index (χ0v) is 25.4. The molecule has 214 valence electrons. The van der Waals surface area contributed by atoms with Gasteiger partial charge in [-0.15, -0.1) is 5.10 Å². The summed E-state index contributed by atoms with van der Waals surface area (Å²) in [6, 6.07) is 3.88. The van der Waals surface area contributed by atoms with Gasteiger partial charge in [0.1, 0.15) is 19.0 Å². The number of carbonyl (C=O) groups is 1. The monoisotopic (exact) mass is 579 g/mol. The second-order valence-electron chi connectivity index (χ2n) is 11.1. The summed E-state index contributed by atoms with van der Waals surface area (Å²) in [7, 11) is -0.658. The number of carboxylic acids is 1. The fraction of sp³-hybridized carbons (Fsp3) is 0.519. The zero-order chi connectivity index (χ0) is 29.0. The Hall–Kier alpha value is -2.89. The number of aryl methyl sites for hydroxylation is 1. The van der Waals surface area contributed by atoms with Crippen LogP contribution < -0.4 is 9.47 Å². The van der Waals surface area contributed by atoms with E-state index in [0.29, 0.717) is 35.0 Å². The second kappa shape index (κ2) is 12.5. The van der Waals surface area contributed by atoms with E-state index in [1.165, 1.54) is 0 Å². The number of carboxylic acid groups (broad SMARTS) is 1. The Morgan fingerprint density at radius 2 is 1.90 bits per heavy atom. The Bertz CT molecular complexity index is 1310. The van der Waals surface area contributed by atoms with Crippen molar-refractivity contribution in [3.63, 3.8) is 0 Å². The molecule has 0 atom stereocenters. The van der Waals surface area contributed by atoms with Gasteiger partial charge in [0, 0.05) is 35.3 Å². The lowest BCUT2D eigenvalue weighted by Crippen LogP contribution is -2.30. The molecule has 1 N–H and O–H groups in total. The summed E-state index contributed by atoms with van der Waals surface area (Å²) in [6.07, 6.45) is 9.99. The van der Waals surface area contributed by atoms with Crippen molar-refractivity contribution >= 4 is 27.6 Å². The fourth-order valence-electron chi connectivity index (χ4n) is 3.25. The van der Waals surface area contributed by atoms with Crippen LogP contribution in [0.1, 0.15) is 33.3 Å². The van der Waals surface area contributed by atoms with Crippen LogP contribution >= 0.6 is 21.6 Å². The molecular formula is C27H38ClN5O5S. The predicted molar refractivity (Wildman–Crippen MR) is 155 cm³/mol. The molecule has 10 nitrogen and oxygen atoms in total. The molecule has 0 amide bonds. The predicted octanol–water partition coefficient (Wildman–Crippen LogP) is 5.31. The number of halogens is 1. The number of aliphatic carboxylic acids is 1. The van der Waals surface area contributed by atoms with E-state index < -0.39 is 21.4 Å². The topological polar surface area (TPSA) is 121 Å². The lowest BCUT2D eigenvalue weighted by Gasteiger charge is -2.24. The van der Waals surface area contributed by atoms with Crippen LogP contribution in [0.25, 0.3) is 22.6 Å². The number of hydrogen-bond donors (Lipinski definition) is 1. The molecule has 0 aliphatic heterocycles. The molecule has 0 unspecified atom stereocenters. The molecule has 0 radical (unpaired) electrons. The third kappa shape index (κ3) is 8.55. The second-order valence-corrected chi connectivity index (χ2v) is 16.1. The van der Waals surface area contributed by atoms with E-state index in [1.807, 2.05) is 20.8 Å². The Balaban J connectivity index is 1.80. The van der Waals surface area contributed by atoms with Gasteiger partial charge in [-0.25, -0.2) is 15.0 Å². The van der Waals surface area contributed by atoms with Crippen molar-refractivity contribution in [3.8, 4) is 34.5 Å². The maximum absolute atomic E-state index is 11.3. The highest BCUT2D eigenvalue weighted by Gasteiger charge is 2.28. The maximum atomic E-state index is 11.3. The Kier molecular flexibility index (Phi) is 9.84. The van der Waals surface area contributed by atoms with Gasteiger partial charge in [0.05, 0.1) is 23.1 Å². The van der Waals surface area contributed by atoms with Crippen LogP contribution in [0, 0.1) is 12.3 Å². The van der Waals surface area contributed by atoms with Crippen LogP contribution in [0.15, 0.2) is 24.5 Å². The first-order valence-corrected chi connectivity index (χ1v) is 15.9. The first-order valence-electron chi connectivity index (χ1n) is 12.5. The molecule has 0 aromatic carbocycles. The van der Waals surface area contributed by atoms with Crippen LogP contribution in [-0.2, 0) is 16.3 Å². The molecule has 3 rings (SSSR count). The van der Waals surface area contributed by atoms with E-state index in [0.717, 1.165) is 22.4 Å². The third-order valence-corrected chi connectivity index (χ3v) is 7.32. The van der Waals surface area contributed by atoms with Crippen LogP contribution in [0.2, 0.25) is 5.02 Å². The average Bonchev–Trinajstić information content (AvgIpc) is 3.21. The average molecular weight is 580 g/mol. The summed E-state index contributed by atoms with van der Waals surface area (Å²) in [5, 5.41) is 14.2. The van der Waals surface area contributed by atoms with Crippen molar-refractivity contribution in [2.45, 2.75) is 47.5 Å². The van der Waals surface area contributed by atoms with Gasteiger partial charge >= 0.3 is 12.0 Å².